The Morgan fingerprint density at radius 1 is 1.47 bits per heavy atom. The molecule has 8 heteroatoms. The van der Waals surface area contributed by atoms with E-state index in [0.717, 1.165) is 14.2 Å². The van der Waals surface area contributed by atoms with Gasteiger partial charge in [-0.1, -0.05) is 6.92 Å². The second-order valence-electron chi connectivity index (χ2n) is 2.51. The maximum absolute atomic E-state index is 11.5. The third-order valence-electron chi connectivity index (χ3n) is 1.62. The molecule has 1 unspecified atom stereocenters. The molecule has 0 fully saturated rings. The van der Waals surface area contributed by atoms with Crippen LogP contribution >= 0.6 is 7.82 Å². The van der Waals surface area contributed by atoms with E-state index >= 15 is 0 Å². The highest BCUT2D eigenvalue weighted by molar-refractivity contribution is 7.48. The lowest BCUT2D eigenvalue weighted by atomic mass is 10.3. The molecule has 0 saturated carbocycles. The van der Waals surface area contributed by atoms with E-state index in [0.29, 0.717) is 0 Å². The fraction of sp³-hybridized carbons (Fsp3) is 0.857. The molecular weight excluding hydrogens is 225 g/mol. The highest BCUT2D eigenvalue weighted by Gasteiger charge is 2.30. The van der Waals surface area contributed by atoms with E-state index in [1.165, 1.54) is 0 Å². The van der Waals surface area contributed by atoms with E-state index < -0.39 is 26.6 Å². The summed E-state index contributed by atoms with van der Waals surface area (Å²) in [7, 11) is -1.37. The predicted octanol–water partition coefficient (Wildman–Crippen LogP) is 0.248. The minimum Gasteiger partial charge on any atom is -0.376 e. The van der Waals surface area contributed by atoms with Gasteiger partial charge in [0.1, 0.15) is 12.8 Å². The zero-order valence-corrected chi connectivity index (χ0v) is 9.82. The molecule has 0 saturated heterocycles. The molecule has 0 aliphatic carbocycles. The van der Waals surface area contributed by atoms with Gasteiger partial charge in [-0.25, -0.2) is 4.57 Å². The van der Waals surface area contributed by atoms with E-state index in [1.807, 2.05) is 0 Å². The normalized spacial score (nSPS) is 13.6. The molecule has 90 valence electrons. The van der Waals surface area contributed by atoms with Crippen LogP contribution in [0.25, 0.3) is 0 Å². The Morgan fingerprint density at radius 3 is 2.33 bits per heavy atom. The largest absolute Gasteiger partial charge is 0.475 e. The molecule has 0 aromatic heterocycles. The lowest BCUT2D eigenvalue weighted by Gasteiger charge is -2.19. The van der Waals surface area contributed by atoms with E-state index in [9.17, 15) is 9.36 Å². The summed E-state index contributed by atoms with van der Waals surface area (Å²) < 4.78 is 25.4. The molecule has 0 radical (unpaired) electrons. The average molecular weight is 241 g/mol. The van der Waals surface area contributed by atoms with Crippen LogP contribution in [-0.4, -0.2) is 38.1 Å². The van der Waals surface area contributed by atoms with Crippen LogP contribution in [-0.2, 0) is 22.9 Å². The third-order valence-corrected chi connectivity index (χ3v) is 3.03. The fourth-order valence-electron chi connectivity index (χ4n) is 0.816. The first-order valence-electron chi connectivity index (χ1n) is 4.31. The molecule has 15 heavy (non-hydrogen) atoms. The Morgan fingerprint density at radius 2 is 2.00 bits per heavy atom. The number of amides is 1. The maximum atomic E-state index is 11.5. The number of phosphoric ester groups is 1. The summed E-state index contributed by atoms with van der Waals surface area (Å²) >= 11 is 0. The highest BCUT2D eigenvalue weighted by Crippen LogP contribution is 2.49. The zero-order valence-electron chi connectivity index (χ0n) is 8.93. The van der Waals surface area contributed by atoms with Gasteiger partial charge < -0.3 is 10.4 Å². The van der Waals surface area contributed by atoms with Crippen LogP contribution in [0.4, 0.5) is 0 Å². The van der Waals surface area contributed by atoms with E-state index in [2.05, 4.69) is 14.4 Å². The van der Waals surface area contributed by atoms with E-state index in [-0.39, 0.29) is 6.42 Å². The van der Waals surface area contributed by atoms with Gasteiger partial charge in [0.15, 0.2) is 0 Å². The number of hydrogen-bond acceptors (Lipinski definition) is 6. The van der Waals surface area contributed by atoms with Crippen molar-refractivity contribution in [3.63, 3.8) is 0 Å². The van der Waals surface area contributed by atoms with Gasteiger partial charge in [0.05, 0.1) is 0 Å². The highest BCUT2D eigenvalue weighted by atomic mass is 31.2. The maximum Gasteiger partial charge on any atom is 0.475 e. The molecule has 0 aromatic rings. The van der Waals surface area contributed by atoms with Gasteiger partial charge in [-0.2, -0.15) is 0 Å². The number of carbonyl (C=O) groups excluding carboxylic acids is 1. The molecule has 1 atom stereocenters. The summed E-state index contributed by atoms with van der Waals surface area (Å²) in [5, 5.41) is 10.6. The molecule has 0 rings (SSSR count). The van der Waals surface area contributed by atoms with Crippen molar-refractivity contribution in [3.05, 3.63) is 0 Å². The first kappa shape index (κ1) is 14.5. The van der Waals surface area contributed by atoms with Gasteiger partial charge in [-0.15, -0.1) is 0 Å². The predicted molar refractivity (Wildman–Crippen MR) is 52.0 cm³/mol. The molecule has 0 bridgehead atoms. The van der Waals surface area contributed by atoms with Gasteiger partial charge in [0, 0.05) is 14.2 Å². The van der Waals surface area contributed by atoms with Crippen molar-refractivity contribution in [3.8, 4) is 0 Å². The summed E-state index contributed by atoms with van der Waals surface area (Å²) in [5.41, 5.74) is 0. The Labute approximate surface area is 88.3 Å². The molecule has 7 nitrogen and oxygen atoms in total. The summed E-state index contributed by atoms with van der Waals surface area (Å²) in [6, 6.07) is 0. The standard InChI is InChI=1S/C7H16NO6P/c1-4-6(7(10)8-5-9)14-15(11,12-2)13-3/h6,9H,4-5H2,1-3H3,(H,8,10). The minimum absolute atomic E-state index is 0.280. The Kier molecular flexibility index (Phi) is 6.71. The number of phosphoric acid groups is 1. The van der Waals surface area contributed by atoms with Crippen molar-refractivity contribution in [2.24, 2.45) is 0 Å². The topological polar surface area (TPSA) is 94.1 Å². The summed E-state index contributed by atoms with van der Waals surface area (Å²) in [4.78, 5) is 11.3. The van der Waals surface area contributed by atoms with Crippen LogP contribution in [0, 0.1) is 0 Å². The van der Waals surface area contributed by atoms with Crippen LogP contribution in [0.3, 0.4) is 0 Å². The van der Waals surface area contributed by atoms with Gasteiger partial charge in [0.2, 0.25) is 0 Å². The first-order valence-corrected chi connectivity index (χ1v) is 5.77. The third kappa shape index (κ3) is 4.72. The van der Waals surface area contributed by atoms with Crippen molar-refractivity contribution in [2.75, 3.05) is 21.0 Å². The molecule has 1 amide bonds. The van der Waals surface area contributed by atoms with Gasteiger partial charge in [-0.3, -0.25) is 18.4 Å². The van der Waals surface area contributed by atoms with Gasteiger partial charge >= 0.3 is 7.82 Å². The molecule has 0 aliphatic heterocycles. The van der Waals surface area contributed by atoms with Crippen molar-refractivity contribution in [1.82, 2.24) is 5.32 Å². The van der Waals surface area contributed by atoms with Crippen molar-refractivity contribution in [1.29, 1.82) is 0 Å². The number of carbonyl (C=O) groups is 1. The van der Waals surface area contributed by atoms with Crippen molar-refractivity contribution >= 4 is 13.7 Å². The summed E-state index contributed by atoms with van der Waals surface area (Å²) in [6.07, 6.45) is -0.703. The number of hydrogen-bond donors (Lipinski definition) is 2. The number of aliphatic hydroxyl groups is 1. The SMILES string of the molecule is CCC(OP(=O)(OC)OC)C(=O)NCO. The second kappa shape index (κ2) is 6.92. The van der Waals surface area contributed by atoms with Gasteiger partial charge in [0.25, 0.3) is 5.91 Å². The summed E-state index contributed by atoms with van der Waals surface area (Å²) in [6.45, 7) is 1.15. The number of rotatable bonds is 7. The van der Waals surface area contributed by atoms with E-state index in [1.54, 1.807) is 6.92 Å². The van der Waals surface area contributed by atoms with Crippen molar-refractivity contribution < 1.29 is 28.0 Å². The minimum atomic E-state index is -3.67. The Bertz CT molecular complexity index is 238. The average Bonchev–Trinajstić information content (AvgIpc) is 2.26. The molecule has 0 spiro atoms. The van der Waals surface area contributed by atoms with Crippen molar-refractivity contribution in [2.45, 2.75) is 19.4 Å². The Hall–Kier alpha value is -0.460. The van der Waals surface area contributed by atoms with E-state index in [4.69, 9.17) is 9.63 Å². The smallest absolute Gasteiger partial charge is 0.376 e. The molecule has 0 heterocycles. The van der Waals surface area contributed by atoms with Crippen LogP contribution in [0.5, 0.6) is 0 Å². The molecule has 0 aromatic carbocycles. The van der Waals surface area contributed by atoms with Crippen LogP contribution in [0.1, 0.15) is 13.3 Å². The number of aliphatic hydroxyl groups excluding tert-OH is 1. The molecule has 2 N–H and O–H groups in total. The fourth-order valence-corrected chi connectivity index (χ4v) is 1.69. The molecular formula is C7H16NO6P. The first-order chi connectivity index (χ1) is 7.02. The quantitative estimate of drug-likeness (QED) is 0.490. The van der Waals surface area contributed by atoms with Crippen LogP contribution in [0.2, 0.25) is 0 Å². The molecule has 0 aliphatic rings. The monoisotopic (exact) mass is 241 g/mol. The summed E-state index contributed by atoms with van der Waals surface area (Å²) in [5.74, 6) is -0.575. The lowest BCUT2D eigenvalue weighted by molar-refractivity contribution is -0.130. The van der Waals surface area contributed by atoms with Gasteiger partial charge in [-0.05, 0) is 6.42 Å². The lowest BCUT2D eigenvalue weighted by Crippen LogP contribution is -2.36. The number of nitrogens with one attached hydrogen (secondary N) is 1. The van der Waals surface area contributed by atoms with Crippen LogP contribution < -0.4 is 5.32 Å². The second-order valence-corrected chi connectivity index (χ2v) is 4.35. The Balaban J connectivity index is 4.44. The van der Waals surface area contributed by atoms with Crippen LogP contribution in [0.15, 0.2) is 0 Å². The zero-order chi connectivity index (χ0) is 11.9.